The molecule has 0 saturated carbocycles. The van der Waals surface area contributed by atoms with Crippen molar-refractivity contribution >= 4 is 22.4 Å². The number of nitrogens with one attached hydrogen (secondary N) is 1. The van der Waals surface area contributed by atoms with Gasteiger partial charge in [-0.05, 0) is 16.4 Å². The van der Waals surface area contributed by atoms with Gasteiger partial charge in [0, 0.05) is 6.07 Å². The predicted molar refractivity (Wildman–Crippen MR) is 74.7 cm³/mol. The normalized spacial score (nSPS) is 30.4. The number of fused-ring (bicyclic) bond motifs is 1. The molecular weight excluding hydrogens is 331 g/mol. The van der Waals surface area contributed by atoms with E-state index in [1.54, 1.807) is 0 Å². The molecule has 1 saturated heterocycles. The maximum Gasteiger partial charge on any atom is 0.300 e. The van der Waals surface area contributed by atoms with Crippen LogP contribution >= 0.6 is 0 Å². The van der Waals surface area contributed by atoms with Gasteiger partial charge in [0.05, 0.1) is 10.6 Å². The minimum atomic E-state index is -1.63. The number of aliphatic hydroxyl groups excluding tert-OH is 3. The first-order chi connectivity index (χ1) is 11.4. The molecule has 0 spiro atoms. The number of benzene rings is 1. The molecule has 11 nitrogen and oxygen atoms in total. The number of nitro benzene ring substituents is 1. The zero-order valence-corrected chi connectivity index (χ0v) is 11.9. The van der Waals surface area contributed by atoms with E-state index < -0.39 is 42.2 Å². The smallest absolute Gasteiger partial charge is 0.300 e. The van der Waals surface area contributed by atoms with Crippen molar-refractivity contribution in [1.29, 1.82) is 0 Å². The van der Waals surface area contributed by atoms with Crippen molar-refractivity contribution in [2.45, 2.75) is 30.6 Å². The lowest BCUT2D eigenvalue weighted by Gasteiger charge is -2.40. The number of nitro groups is 1. The topological polar surface area (TPSA) is 164 Å². The van der Waals surface area contributed by atoms with Crippen molar-refractivity contribution in [2.75, 3.05) is 12.0 Å². The first-order valence-electron chi connectivity index (χ1n) is 6.86. The molecule has 3 unspecified atom stereocenters. The van der Waals surface area contributed by atoms with E-state index in [-0.39, 0.29) is 22.4 Å². The van der Waals surface area contributed by atoms with Gasteiger partial charge in [0.1, 0.15) is 31.0 Å². The first-order valence-corrected chi connectivity index (χ1v) is 6.86. The van der Waals surface area contributed by atoms with Crippen LogP contribution in [0.5, 0.6) is 0 Å². The van der Waals surface area contributed by atoms with Crippen LogP contribution in [-0.2, 0) is 4.74 Å². The predicted octanol–water partition coefficient (Wildman–Crippen LogP) is -0.680. The van der Waals surface area contributed by atoms with Crippen LogP contribution in [0.2, 0.25) is 0 Å². The Kier molecular flexibility index (Phi) is 4.28. The molecule has 0 amide bonds. The molecule has 0 bridgehead atoms. The summed E-state index contributed by atoms with van der Waals surface area (Å²) in [6, 6.07) is 1.18. The molecule has 5 atom stereocenters. The van der Waals surface area contributed by atoms with Gasteiger partial charge in [-0.3, -0.25) is 10.1 Å². The molecule has 0 aliphatic carbocycles. The Morgan fingerprint density at radius 3 is 2.62 bits per heavy atom. The van der Waals surface area contributed by atoms with Crippen molar-refractivity contribution in [2.24, 2.45) is 0 Å². The molecule has 3 rings (SSSR count). The molecule has 0 radical (unpaired) electrons. The van der Waals surface area contributed by atoms with Crippen molar-refractivity contribution in [1.82, 2.24) is 10.3 Å². The van der Waals surface area contributed by atoms with Crippen LogP contribution in [-0.4, -0.2) is 67.9 Å². The van der Waals surface area contributed by atoms with Crippen molar-refractivity contribution in [3.05, 3.63) is 22.2 Å². The Labute approximate surface area is 132 Å². The van der Waals surface area contributed by atoms with Gasteiger partial charge >= 0.3 is 5.69 Å². The number of rotatable bonds is 4. The van der Waals surface area contributed by atoms with Crippen LogP contribution in [0.1, 0.15) is 0 Å². The average Bonchev–Trinajstić information content (AvgIpc) is 3.04. The second-order valence-electron chi connectivity index (χ2n) is 5.22. The van der Waals surface area contributed by atoms with Crippen LogP contribution < -0.4 is 5.32 Å². The number of nitrogens with zero attached hydrogens (tertiary/aromatic N) is 3. The summed E-state index contributed by atoms with van der Waals surface area (Å²) in [5.41, 5.74) is -0.330. The molecule has 2 aromatic rings. The number of hydrogen-bond acceptors (Lipinski definition) is 10. The largest absolute Gasteiger partial charge is 0.388 e. The minimum Gasteiger partial charge on any atom is -0.388 e. The van der Waals surface area contributed by atoms with E-state index >= 15 is 0 Å². The summed E-state index contributed by atoms with van der Waals surface area (Å²) < 4.78 is 22.1. The minimum absolute atomic E-state index is 0.00861. The van der Waals surface area contributed by atoms with E-state index in [2.05, 4.69) is 20.3 Å². The molecule has 24 heavy (non-hydrogen) atoms. The standard InChI is InChI=1S/C12H13FN4O7/c13-3-6-10(18)11(19)9(12(20)23-6)14-4-1-2-5(17(21)22)8-7(4)15-24-16-8/h1-2,6,9-12,14,18-20H,3H2/t6?,9?,10-,11-,12?/m0/s1. The van der Waals surface area contributed by atoms with E-state index in [0.717, 1.165) is 6.07 Å². The fraction of sp³-hybridized carbons (Fsp3) is 0.500. The Morgan fingerprint density at radius 2 is 1.96 bits per heavy atom. The maximum absolute atomic E-state index is 12.7. The van der Waals surface area contributed by atoms with Crippen LogP contribution in [0.25, 0.3) is 11.0 Å². The number of aromatic nitrogens is 2. The van der Waals surface area contributed by atoms with E-state index in [4.69, 9.17) is 4.74 Å². The summed E-state index contributed by atoms with van der Waals surface area (Å²) in [7, 11) is 0. The molecule has 4 N–H and O–H groups in total. The fourth-order valence-electron chi connectivity index (χ4n) is 2.53. The molecule has 12 heteroatoms. The van der Waals surface area contributed by atoms with E-state index in [1.807, 2.05) is 0 Å². The van der Waals surface area contributed by atoms with E-state index in [9.17, 15) is 29.8 Å². The van der Waals surface area contributed by atoms with Crippen molar-refractivity contribution < 1.29 is 34.0 Å². The lowest BCUT2D eigenvalue weighted by Crippen LogP contribution is -2.60. The zero-order chi connectivity index (χ0) is 17.4. The van der Waals surface area contributed by atoms with Crippen LogP contribution in [0.4, 0.5) is 15.8 Å². The molecule has 1 aliphatic heterocycles. The summed E-state index contributed by atoms with van der Waals surface area (Å²) in [6.07, 6.45) is -6.12. The Hall–Kier alpha value is -2.41. The van der Waals surface area contributed by atoms with Gasteiger partial charge in [0.25, 0.3) is 0 Å². The average molecular weight is 344 g/mol. The quantitative estimate of drug-likeness (QED) is 0.412. The summed E-state index contributed by atoms with van der Waals surface area (Å²) in [5, 5.41) is 50.3. The molecule has 130 valence electrons. The summed E-state index contributed by atoms with van der Waals surface area (Å²) in [6.45, 7) is -1.09. The SMILES string of the molecule is O=[N+]([O-])c1ccc(NC2C(O)OC(CF)[C@H](O)[C@H]2O)c2nonc12. The number of halogens is 1. The Bertz CT molecular complexity index is 756. The van der Waals surface area contributed by atoms with Crippen LogP contribution in [0.15, 0.2) is 16.8 Å². The lowest BCUT2D eigenvalue weighted by molar-refractivity contribution is -0.383. The van der Waals surface area contributed by atoms with Crippen LogP contribution in [0.3, 0.4) is 0 Å². The van der Waals surface area contributed by atoms with Gasteiger partial charge < -0.3 is 25.4 Å². The lowest BCUT2D eigenvalue weighted by atomic mass is 9.97. The first kappa shape index (κ1) is 16.4. The van der Waals surface area contributed by atoms with Gasteiger partial charge in [-0.15, -0.1) is 0 Å². The summed E-state index contributed by atoms with van der Waals surface area (Å²) in [5.74, 6) is 0. The zero-order valence-electron chi connectivity index (χ0n) is 11.9. The highest BCUT2D eigenvalue weighted by Gasteiger charge is 2.44. The number of ether oxygens (including phenoxy) is 1. The third kappa shape index (κ3) is 2.65. The highest BCUT2D eigenvalue weighted by atomic mass is 19.1. The maximum atomic E-state index is 12.7. The van der Waals surface area contributed by atoms with Gasteiger partial charge in [-0.1, -0.05) is 0 Å². The number of aliphatic hydroxyl groups is 3. The summed E-state index contributed by atoms with van der Waals surface area (Å²) >= 11 is 0. The van der Waals surface area contributed by atoms with Crippen molar-refractivity contribution in [3.63, 3.8) is 0 Å². The van der Waals surface area contributed by atoms with Gasteiger partial charge in [-0.2, -0.15) is 0 Å². The van der Waals surface area contributed by atoms with Crippen molar-refractivity contribution in [3.8, 4) is 0 Å². The van der Waals surface area contributed by atoms with Gasteiger partial charge in [-0.25, -0.2) is 9.02 Å². The number of alkyl halides is 1. The number of non-ortho nitro benzene ring substituents is 1. The highest BCUT2D eigenvalue weighted by molar-refractivity contribution is 5.93. The van der Waals surface area contributed by atoms with Gasteiger partial charge in [0.2, 0.25) is 5.52 Å². The second kappa shape index (κ2) is 6.24. The molecule has 1 aliphatic rings. The third-order valence-corrected chi connectivity index (χ3v) is 3.79. The Morgan fingerprint density at radius 1 is 1.25 bits per heavy atom. The fourth-order valence-corrected chi connectivity index (χ4v) is 2.53. The van der Waals surface area contributed by atoms with E-state index in [0.29, 0.717) is 0 Å². The number of hydrogen-bond donors (Lipinski definition) is 4. The third-order valence-electron chi connectivity index (χ3n) is 3.79. The molecule has 1 fully saturated rings. The van der Waals surface area contributed by atoms with Gasteiger partial charge in [0.15, 0.2) is 11.8 Å². The molecular formula is C12H13FN4O7. The molecule has 2 heterocycles. The molecule has 1 aromatic carbocycles. The summed E-state index contributed by atoms with van der Waals surface area (Å²) in [4.78, 5) is 10.3. The van der Waals surface area contributed by atoms with E-state index in [1.165, 1.54) is 6.07 Å². The second-order valence-corrected chi connectivity index (χ2v) is 5.22. The highest BCUT2D eigenvalue weighted by Crippen LogP contribution is 2.31. The Balaban J connectivity index is 1.91. The number of anilines is 1. The van der Waals surface area contributed by atoms with Crippen LogP contribution in [0, 0.1) is 10.1 Å². The monoisotopic (exact) mass is 344 g/mol. The molecule has 1 aromatic heterocycles.